The van der Waals surface area contributed by atoms with Crippen molar-refractivity contribution in [3.05, 3.63) is 7.11 Å². The van der Waals surface area contributed by atoms with E-state index >= 15 is 0 Å². The molecular weight excluding hydrogens is 191 g/mol. The van der Waals surface area contributed by atoms with Crippen molar-refractivity contribution in [1.82, 2.24) is 0 Å². The second-order valence-electron chi connectivity index (χ2n) is 0.620. The summed E-state index contributed by atoms with van der Waals surface area (Å²) in [6.07, 6.45) is 0. The van der Waals surface area contributed by atoms with E-state index in [4.69, 9.17) is 0 Å². The lowest BCUT2D eigenvalue weighted by Crippen LogP contribution is -1.75. The monoisotopic (exact) mass is 195 g/mol. The van der Waals surface area contributed by atoms with Crippen LogP contribution in [0.15, 0.2) is 0 Å². The standard InChI is InChI=1S/C4H4IO/c1-6-4-2-3-5/h1,4H2. The fourth-order valence-electron chi connectivity index (χ4n) is 0.0783. The second-order valence-corrected chi connectivity index (χ2v) is 1.16. The zero-order valence-electron chi connectivity index (χ0n) is 3.20. The van der Waals surface area contributed by atoms with Crippen LogP contribution >= 0.6 is 22.6 Å². The average Bonchev–Trinajstić information content (AvgIpc) is 1.61. The molecule has 33 valence electrons. The number of ether oxygens (including phenoxy) is 1. The fraction of sp³-hybridized carbons (Fsp3) is 0.250. The zero-order valence-corrected chi connectivity index (χ0v) is 5.36. The van der Waals surface area contributed by atoms with Crippen molar-refractivity contribution in [1.29, 1.82) is 0 Å². The van der Waals surface area contributed by atoms with Gasteiger partial charge in [0.05, 0.1) is 7.11 Å². The van der Waals surface area contributed by atoms with E-state index < -0.39 is 0 Å². The van der Waals surface area contributed by atoms with Crippen molar-refractivity contribution >= 4 is 22.6 Å². The Bertz CT molecular complexity index is 69.4. The molecule has 0 bridgehead atoms. The van der Waals surface area contributed by atoms with E-state index in [-0.39, 0.29) is 0 Å². The maximum absolute atomic E-state index is 4.35. The van der Waals surface area contributed by atoms with Crippen LogP contribution < -0.4 is 0 Å². The van der Waals surface area contributed by atoms with Crippen LogP contribution in [-0.2, 0) is 4.74 Å². The third-order valence-electron chi connectivity index (χ3n) is 0.241. The fourth-order valence-corrected chi connectivity index (χ4v) is 0.234. The molecule has 0 fully saturated rings. The number of hydrogen-bond acceptors (Lipinski definition) is 1. The van der Waals surface area contributed by atoms with Gasteiger partial charge in [-0.3, -0.25) is 0 Å². The van der Waals surface area contributed by atoms with E-state index in [0.29, 0.717) is 6.61 Å². The minimum Gasteiger partial charge on any atom is -0.366 e. The topological polar surface area (TPSA) is 9.23 Å². The lowest BCUT2D eigenvalue weighted by atomic mass is 10.8. The van der Waals surface area contributed by atoms with Crippen LogP contribution in [0.25, 0.3) is 0 Å². The highest BCUT2D eigenvalue weighted by Crippen LogP contribution is 1.70. The summed E-state index contributed by atoms with van der Waals surface area (Å²) >= 11 is 1.94. The summed E-state index contributed by atoms with van der Waals surface area (Å²) in [5.41, 5.74) is 0. The van der Waals surface area contributed by atoms with Gasteiger partial charge in [0.1, 0.15) is 6.61 Å². The van der Waals surface area contributed by atoms with Gasteiger partial charge >= 0.3 is 0 Å². The first-order valence-electron chi connectivity index (χ1n) is 1.37. The molecule has 0 spiro atoms. The Morgan fingerprint density at radius 1 is 1.83 bits per heavy atom. The Hall–Kier alpha value is 0.250. The molecule has 6 heavy (non-hydrogen) atoms. The first-order chi connectivity index (χ1) is 2.91. The van der Waals surface area contributed by atoms with Crippen LogP contribution in [0, 0.1) is 17.0 Å². The lowest BCUT2D eigenvalue weighted by Gasteiger charge is -1.77. The lowest BCUT2D eigenvalue weighted by molar-refractivity contribution is 0.288. The molecule has 0 amide bonds. The SMILES string of the molecule is [CH2]OCC#CI. The zero-order chi connectivity index (χ0) is 4.83. The molecule has 0 aromatic rings. The van der Waals surface area contributed by atoms with Crippen molar-refractivity contribution in [3.8, 4) is 9.85 Å². The molecule has 0 atom stereocenters. The van der Waals surface area contributed by atoms with Crippen molar-refractivity contribution in [2.45, 2.75) is 0 Å². The van der Waals surface area contributed by atoms with Gasteiger partial charge in [-0.2, -0.15) is 0 Å². The summed E-state index contributed by atoms with van der Waals surface area (Å²) in [7, 11) is 3.12. The summed E-state index contributed by atoms with van der Waals surface area (Å²) in [6.45, 7) is 0.433. The molecule has 0 aromatic heterocycles. The van der Waals surface area contributed by atoms with Gasteiger partial charge in [0, 0.05) is 22.6 Å². The van der Waals surface area contributed by atoms with E-state index in [2.05, 4.69) is 21.7 Å². The van der Waals surface area contributed by atoms with Gasteiger partial charge in [-0.05, 0) is 3.93 Å². The van der Waals surface area contributed by atoms with Crippen molar-refractivity contribution in [2.24, 2.45) is 0 Å². The highest BCUT2D eigenvalue weighted by atomic mass is 127. The molecule has 2 heteroatoms. The third-order valence-corrected chi connectivity index (χ3v) is 0.622. The molecule has 1 radical (unpaired) electrons. The summed E-state index contributed by atoms with van der Waals surface area (Å²) < 4.78 is 6.98. The first kappa shape index (κ1) is 6.25. The van der Waals surface area contributed by atoms with Crippen molar-refractivity contribution in [2.75, 3.05) is 6.61 Å². The van der Waals surface area contributed by atoms with Gasteiger partial charge in [-0.25, -0.2) is 0 Å². The van der Waals surface area contributed by atoms with E-state index in [1.54, 1.807) is 0 Å². The molecule has 0 N–H and O–H groups in total. The number of hydrogen-bond donors (Lipinski definition) is 0. The van der Waals surface area contributed by atoms with Crippen LogP contribution in [0.4, 0.5) is 0 Å². The molecule has 0 heterocycles. The van der Waals surface area contributed by atoms with E-state index in [1.807, 2.05) is 22.6 Å². The summed E-state index contributed by atoms with van der Waals surface area (Å²) in [5.74, 6) is 2.65. The number of halogens is 1. The predicted octanol–water partition coefficient (Wildman–Crippen LogP) is 1.19. The van der Waals surface area contributed by atoms with Crippen molar-refractivity contribution in [3.63, 3.8) is 0 Å². The van der Waals surface area contributed by atoms with Gasteiger partial charge in [-0.1, -0.05) is 5.92 Å². The van der Waals surface area contributed by atoms with Gasteiger partial charge in [0.25, 0.3) is 0 Å². The van der Waals surface area contributed by atoms with Crippen LogP contribution in [0.5, 0.6) is 0 Å². The third kappa shape index (κ3) is 4.25. The quantitative estimate of drug-likeness (QED) is 0.451. The van der Waals surface area contributed by atoms with Gasteiger partial charge in [-0.15, -0.1) is 0 Å². The molecule has 1 nitrogen and oxygen atoms in total. The van der Waals surface area contributed by atoms with Crippen LogP contribution in [-0.4, -0.2) is 6.61 Å². The largest absolute Gasteiger partial charge is 0.366 e. The summed E-state index contributed by atoms with van der Waals surface area (Å²) in [6, 6.07) is 0. The molecule has 0 saturated heterocycles. The Balaban J connectivity index is 2.79. The highest BCUT2D eigenvalue weighted by molar-refractivity contribution is 14.1. The van der Waals surface area contributed by atoms with Crippen LogP contribution in [0.1, 0.15) is 0 Å². The maximum atomic E-state index is 4.35. The molecule has 0 saturated carbocycles. The molecule has 0 aromatic carbocycles. The van der Waals surface area contributed by atoms with Gasteiger partial charge in [0.2, 0.25) is 0 Å². The van der Waals surface area contributed by atoms with Crippen LogP contribution in [0.2, 0.25) is 0 Å². The Labute approximate surface area is 51.2 Å². The molecule has 0 unspecified atom stereocenters. The van der Waals surface area contributed by atoms with Crippen molar-refractivity contribution < 1.29 is 4.74 Å². The van der Waals surface area contributed by atoms with E-state index in [0.717, 1.165) is 0 Å². The molecule has 0 aliphatic rings. The Morgan fingerprint density at radius 3 is 2.67 bits per heavy atom. The second kappa shape index (κ2) is 5.25. The highest BCUT2D eigenvalue weighted by Gasteiger charge is 1.61. The molecular formula is C4H4IO. The average molecular weight is 195 g/mol. The Kier molecular flexibility index (Phi) is 5.47. The maximum Gasteiger partial charge on any atom is 0.108 e. The Morgan fingerprint density at radius 2 is 2.50 bits per heavy atom. The molecule has 0 aliphatic carbocycles. The minimum absolute atomic E-state index is 0.433. The summed E-state index contributed by atoms with van der Waals surface area (Å²) in [5, 5.41) is 0. The van der Waals surface area contributed by atoms with E-state index in [9.17, 15) is 0 Å². The van der Waals surface area contributed by atoms with Crippen LogP contribution in [0.3, 0.4) is 0 Å². The summed E-state index contributed by atoms with van der Waals surface area (Å²) in [4.78, 5) is 0. The van der Waals surface area contributed by atoms with Gasteiger partial charge in [0.15, 0.2) is 0 Å². The minimum atomic E-state index is 0.433. The van der Waals surface area contributed by atoms with E-state index in [1.165, 1.54) is 0 Å². The smallest absolute Gasteiger partial charge is 0.108 e. The molecule has 0 rings (SSSR count). The molecule has 0 aliphatic heterocycles. The van der Waals surface area contributed by atoms with Gasteiger partial charge < -0.3 is 4.74 Å². The predicted molar refractivity (Wildman–Crippen MR) is 33.1 cm³/mol. The normalized spacial score (nSPS) is 6.33. The number of rotatable bonds is 1. The first-order valence-corrected chi connectivity index (χ1v) is 2.45.